The van der Waals surface area contributed by atoms with Gasteiger partial charge in [-0.15, -0.1) is 11.3 Å². The van der Waals surface area contributed by atoms with Crippen molar-refractivity contribution in [2.45, 2.75) is 39.2 Å². The van der Waals surface area contributed by atoms with Crippen molar-refractivity contribution in [2.24, 2.45) is 0 Å². The van der Waals surface area contributed by atoms with Gasteiger partial charge in [-0.2, -0.15) is 5.10 Å². The van der Waals surface area contributed by atoms with Crippen LogP contribution in [0.15, 0.2) is 17.5 Å². The van der Waals surface area contributed by atoms with E-state index < -0.39 is 0 Å². The first-order chi connectivity index (χ1) is 7.77. The maximum atomic E-state index is 4.80. The van der Waals surface area contributed by atoms with Crippen molar-refractivity contribution in [1.82, 2.24) is 9.78 Å². The molecule has 0 amide bonds. The summed E-state index contributed by atoms with van der Waals surface area (Å²) in [5.74, 6) is 0. The molecule has 0 radical (unpaired) electrons. The smallest absolute Gasteiger partial charge is 0.106 e. The van der Waals surface area contributed by atoms with Crippen molar-refractivity contribution >= 4 is 11.3 Å². The summed E-state index contributed by atoms with van der Waals surface area (Å²) >= 11 is 1.79. The van der Waals surface area contributed by atoms with E-state index in [0.717, 1.165) is 0 Å². The molecule has 0 saturated carbocycles. The largest absolute Gasteiger partial charge is 0.266 e. The van der Waals surface area contributed by atoms with Crippen molar-refractivity contribution in [3.8, 4) is 10.6 Å². The molecule has 84 valence electrons. The van der Waals surface area contributed by atoms with Gasteiger partial charge in [-0.05, 0) is 44.6 Å². The summed E-state index contributed by atoms with van der Waals surface area (Å²) in [6.07, 6.45) is 3.69. The van der Waals surface area contributed by atoms with Crippen LogP contribution in [-0.4, -0.2) is 9.78 Å². The average Bonchev–Trinajstić information content (AvgIpc) is 2.93. The van der Waals surface area contributed by atoms with E-state index in [4.69, 9.17) is 5.10 Å². The number of aromatic nitrogens is 2. The minimum absolute atomic E-state index is 0.473. The Balaban J connectivity index is 2.17. The lowest BCUT2D eigenvalue weighted by Gasteiger charge is -2.08. The lowest BCUT2D eigenvalue weighted by molar-refractivity contribution is 0.512. The average molecular weight is 232 g/mol. The van der Waals surface area contributed by atoms with Crippen LogP contribution in [0.3, 0.4) is 0 Å². The fourth-order valence-electron chi connectivity index (χ4n) is 2.50. The summed E-state index contributed by atoms with van der Waals surface area (Å²) in [4.78, 5) is 1.32. The van der Waals surface area contributed by atoms with Gasteiger partial charge in [-0.3, -0.25) is 4.68 Å². The van der Waals surface area contributed by atoms with Gasteiger partial charge in [0.15, 0.2) is 0 Å². The molecule has 0 aliphatic heterocycles. The Morgan fingerprint density at radius 1 is 1.38 bits per heavy atom. The Kier molecular flexibility index (Phi) is 2.36. The zero-order valence-electron chi connectivity index (χ0n) is 9.73. The molecule has 3 rings (SSSR count). The Labute approximate surface area is 99.9 Å². The summed E-state index contributed by atoms with van der Waals surface area (Å²) in [5.41, 5.74) is 4.20. The second kappa shape index (κ2) is 3.74. The van der Waals surface area contributed by atoms with Crippen LogP contribution in [0.4, 0.5) is 0 Å². The molecule has 1 aliphatic carbocycles. The monoisotopic (exact) mass is 232 g/mol. The van der Waals surface area contributed by atoms with E-state index in [1.807, 2.05) is 0 Å². The molecule has 2 aromatic heterocycles. The summed E-state index contributed by atoms with van der Waals surface area (Å²) in [6.45, 7) is 4.42. The van der Waals surface area contributed by atoms with Gasteiger partial charge in [0, 0.05) is 17.3 Å². The molecule has 0 fully saturated rings. The molecule has 0 spiro atoms. The van der Waals surface area contributed by atoms with E-state index in [-0.39, 0.29) is 0 Å². The molecule has 0 bridgehead atoms. The number of thiophene rings is 1. The molecule has 16 heavy (non-hydrogen) atoms. The van der Waals surface area contributed by atoms with Crippen molar-refractivity contribution in [3.05, 3.63) is 28.8 Å². The first-order valence-corrected chi connectivity index (χ1v) is 6.79. The number of fused-ring (bicyclic) bond motifs is 1. The van der Waals surface area contributed by atoms with Crippen LogP contribution in [0, 0.1) is 0 Å². The third kappa shape index (κ3) is 1.42. The second-order valence-electron chi connectivity index (χ2n) is 4.64. The Bertz CT molecular complexity index is 494. The van der Waals surface area contributed by atoms with Crippen molar-refractivity contribution in [2.75, 3.05) is 0 Å². The molecule has 2 nitrogen and oxygen atoms in total. The van der Waals surface area contributed by atoms with Crippen LogP contribution in [0.25, 0.3) is 10.6 Å². The summed E-state index contributed by atoms with van der Waals surface area (Å²) in [6, 6.07) is 4.76. The molecule has 3 heteroatoms. The molecule has 0 unspecified atom stereocenters. The van der Waals surface area contributed by atoms with Gasteiger partial charge in [0.2, 0.25) is 0 Å². The highest BCUT2D eigenvalue weighted by molar-refractivity contribution is 7.13. The highest BCUT2D eigenvalue weighted by Crippen LogP contribution is 2.35. The summed E-state index contributed by atoms with van der Waals surface area (Å²) < 4.78 is 2.22. The lowest BCUT2D eigenvalue weighted by atomic mass is 10.2. The standard InChI is InChI=1S/C13H16N2S/c1-9(2)15-11-6-3-5-10(11)13(14-15)12-7-4-8-16-12/h4,7-9H,3,5-6H2,1-2H3. The molecule has 0 atom stereocenters. The fraction of sp³-hybridized carbons (Fsp3) is 0.462. The zero-order chi connectivity index (χ0) is 11.1. The fourth-order valence-corrected chi connectivity index (χ4v) is 3.24. The SMILES string of the molecule is CC(C)n1nc(-c2cccs2)c2c1CCC2. The van der Waals surface area contributed by atoms with Crippen LogP contribution < -0.4 is 0 Å². The molecule has 0 aromatic carbocycles. The van der Waals surface area contributed by atoms with Crippen molar-refractivity contribution < 1.29 is 0 Å². The van der Waals surface area contributed by atoms with Crippen LogP contribution in [-0.2, 0) is 12.8 Å². The van der Waals surface area contributed by atoms with Crippen LogP contribution in [0.2, 0.25) is 0 Å². The van der Waals surface area contributed by atoms with E-state index >= 15 is 0 Å². The topological polar surface area (TPSA) is 17.8 Å². The van der Waals surface area contributed by atoms with E-state index in [1.54, 1.807) is 11.3 Å². The normalized spacial score (nSPS) is 14.7. The first-order valence-electron chi connectivity index (χ1n) is 5.91. The number of rotatable bonds is 2. The van der Waals surface area contributed by atoms with Gasteiger partial charge in [0.1, 0.15) is 5.69 Å². The van der Waals surface area contributed by atoms with Gasteiger partial charge in [0.25, 0.3) is 0 Å². The maximum absolute atomic E-state index is 4.80. The summed E-state index contributed by atoms with van der Waals surface area (Å²) in [5, 5.41) is 6.93. The number of nitrogens with zero attached hydrogens (tertiary/aromatic N) is 2. The molecular weight excluding hydrogens is 216 g/mol. The second-order valence-corrected chi connectivity index (χ2v) is 5.59. The minimum Gasteiger partial charge on any atom is -0.266 e. The zero-order valence-corrected chi connectivity index (χ0v) is 10.5. The number of hydrogen-bond acceptors (Lipinski definition) is 2. The summed E-state index contributed by atoms with van der Waals surface area (Å²) in [7, 11) is 0. The predicted molar refractivity (Wildman–Crippen MR) is 68.0 cm³/mol. The quantitative estimate of drug-likeness (QED) is 0.772. The third-order valence-corrected chi connectivity index (χ3v) is 4.08. The van der Waals surface area contributed by atoms with Gasteiger partial charge in [0.05, 0.1) is 4.88 Å². The van der Waals surface area contributed by atoms with Gasteiger partial charge in [-0.1, -0.05) is 6.07 Å². The highest BCUT2D eigenvalue weighted by atomic mass is 32.1. The lowest BCUT2D eigenvalue weighted by Crippen LogP contribution is -2.06. The first kappa shape index (κ1) is 10.1. The Hall–Kier alpha value is -1.09. The van der Waals surface area contributed by atoms with Gasteiger partial charge in [-0.25, -0.2) is 0 Å². The molecule has 0 N–H and O–H groups in total. The van der Waals surface area contributed by atoms with Crippen LogP contribution >= 0.6 is 11.3 Å². The number of hydrogen-bond donors (Lipinski definition) is 0. The Morgan fingerprint density at radius 2 is 2.25 bits per heavy atom. The molecule has 2 aromatic rings. The molecule has 0 saturated heterocycles. The highest BCUT2D eigenvalue weighted by Gasteiger charge is 2.24. The van der Waals surface area contributed by atoms with Crippen LogP contribution in [0.5, 0.6) is 0 Å². The maximum Gasteiger partial charge on any atom is 0.106 e. The van der Waals surface area contributed by atoms with E-state index in [9.17, 15) is 0 Å². The van der Waals surface area contributed by atoms with Crippen LogP contribution in [0.1, 0.15) is 37.6 Å². The molecule has 1 aliphatic rings. The van der Waals surface area contributed by atoms with Crippen molar-refractivity contribution in [3.63, 3.8) is 0 Å². The minimum atomic E-state index is 0.473. The van der Waals surface area contributed by atoms with Gasteiger partial charge >= 0.3 is 0 Å². The predicted octanol–water partition coefficient (Wildman–Crippen LogP) is 3.68. The Morgan fingerprint density at radius 3 is 2.94 bits per heavy atom. The van der Waals surface area contributed by atoms with E-state index in [1.165, 1.54) is 41.1 Å². The third-order valence-electron chi connectivity index (χ3n) is 3.20. The molecular formula is C13H16N2S. The molecule has 2 heterocycles. The van der Waals surface area contributed by atoms with E-state index in [0.29, 0.717) is 6.04 Å². The van der Waals surface area contributed by atoms with Gasteiger partial charge < -0.3 is 0 Å². The van der Waals surface area contributed by atoms with E-state index in [2.05, 4.69) is 36.0 Å². The van der Waals surface area contributed by atoms with Crippen molar-refractivity contribution in [1.29, 1.82) is 0 Å².